The van der Waals surface area contributed by atoms with E-state index in [4.69, 9.17) is 9.97 Å². The highest BCUT2D eigenvalue weighted by Gasteiger charge is 2.19. The van der Waals surface area contributed by atoms with Crippen LogP contribution in [0.4, 0.5) is 11.6 Å². The van der Waals surface area contributed by atoms with Gasteiger partial charge in [-0.05, 0) is 31.6 Å². The van der Waals surface area contributed by atoms with Gasteiger partial charge in [-0.1, -0.05) is 54.6 Å². The molecule has 144 valence electrons. The fraction of sp³-hybridized carbons (Fsp3) is 0.304. The quantitative estimate of drug-likeness (QED) is 0.714. The fourth-order valence-electron chi connectivity index (χ4n) is 3.50. The number of likely N-dealkylation sites (N-methyl/N-ethyl adjacent to an activating group) is 1. The number of aromatic nitrogens is 2. The molecule has 1 N–H and O–H groups in total. The Labute approximate surface area is 167 Å². The fourth-order valence-corrected chi connectivity index (χ4v) is 3.50. The van der Waals surface area contributed by atoms with Gasteiger partial charge in [-0.15, -0.1) is 0 Å². The minimum atomic E-state index is 0.768. The molecular formula is C23H27N5. The molecule has 0 unspecified atom stereocenters. The molecule has 0 amide bonds. The number of fused-ring (bicyclic) bond motifs is 1. The van der Waals surface area contributed by atoms with E-state index in [1.54, 1.807) is 0 Å². The Morgan fingerprint density at radius 3 is 2.50 bits per heavy atom. The van der Waals surface area contributed by atoms with Crippen molar-refractivity contribution in [3.05, 3.63) is 71.8 Å². The van der Waals surface area contributed by atoms with Crippen molar-refractivity contribution in [1.82, 2.24) is 14.9 Å². The van der Waals surface area contributed by atoms with Gasteiger partial charge in [0.05, 0.1) is 0 Å². The minimum Gasteiger partial charge on any atom is -0.369 e. The Morgan fingerprint density at radius 1 is 0.964 bits per heavy atom. The summed E-state index contributed by atoms with van der Waals surface area (Å²) in [6, 6.07) is 21.0. The molecule has 4 rings (SSSR count). The van der Waals surface area contributed by atoms with E-state index < -0.39 is 0 Å². The maximum atomic E-state index is 4.91. The third-order valence-electron chi connectivity index (χ3n) is 5.06. The number of hydrogen-bond donors (Lipinski definition) is 1. The zero-order valence-corrected chi connectivity index (χ0v) is 16.6. The summed E-state index contributed by atoms with van der Waals surface area (Å²) in [4.78, 5) is 14.2. The predicted octanol–water partition coefficient (Wildman–Crippen LogP) is 3.68. The number of rotatable bonds is 6. The van der Waals surface area contributed by atoms with Crippen LogP contribution in [-0.2, 0) is 13.0 Å². The molecule has 2 aromatic carbocycles. The summed E-state index contributed by atoms with van der Waals surface area (Å²) < 4.78 is 0. The molecule has 0 radical (unpaired) electrons. The van der Waals surface area contributed by atoms with Crippen molar-refractivity contribution in [2.45, 2.75) is 13.0 Å². The monoisotopic (exact) mass is 373 g/mol. The van der Waals surface area contributed by atoms with E-state index in [2.05, 4.69) is 71.7 Å². The van der Waals surface area contributed by atoms with Gasteiger partial charge >= 0.3 is 0 Å². The van der Waals surface area contributed by atoms with Crippen molar-refractivity contribution in [2.24, 2.45) is 0 Å². The van der Waals surface area contributed by atoms with E-state index in [1.165, 1.54) is 11.1 Å². The Hall–Kier alpha value is -2.92. The molecule has 5 nitrogen and oxygen atoms in total. The molecule has 0 atom stereocenters. The SMILES string of the molecule is CN(C)CCNc1cc(N2CCc3ccccc3C2)nc(-c2ccccc2)n1. The highest BCUT2D eigenvalue weighted by Crippen LogP contribution is 2.27. The number of anilines is 2. The summed E-state index contributed by atoms with van der Waals surface area (Å²) in [6.07, 6.45) is 1.05. The molecule has 1 aromatic heterocycles. The molecule has 0 fully saturated rings. The highest BCUT2D eigenvalue weighted by atomic mass is 15.2. The van der Waals surface area contributed by atoms with Gasteiger partial charge in [0.25, 0.3) is 0 Å². The van der Waals surface area contributed by atoms with E-state index in [1.807, 2.05) is 18.2 Å². The summed E-state index contributed by atoms with van der Waals surface area (Å²) in [5.41, 5.74) is 3.87. The second-order valence-electron chi connectivity index (χ2n) is 7.47. The normalized spacial score (nSPS) is 13.5. The number of benzene rings is 2. The summed E-state index contributed by atoms with van der Waals surface area (Å²) in [5, 5.41) is 3.47. The maximum Gasteiger partial charge on any atom is 0.163 e. The van der Waals surface area contributed by atoms with Gasteiger partial charge in [-0.3, -0.25) is 0 Å². The third kappa shape index (κ3) is 4.31. The minimum absolute atomic E-state index is 0.768. The lowest BCUT2D eigenvalue weighted by molar-refractivity contribution is 0.425. The van der Waals surface area contributed by atoms with Crippen LogP contribution in [0.5, 0.6) is 0 Å². The van der Waals surface area contributed by atoms with Crippen molar-refractivity contribution in [2.75, 3.05) is 43.9 Å². The average Bonchev–Trinajstić information content (AvgIpc) is 2.73. The standard InChI is InChI=1S/C23H27N5/c1-27(2)15-13-24-21-16-22(26-23(25-21)19-9-4-3-5-10-19)28-14-12-18-8-6-7-11-20(18)17-28/h3-11,16H,12-15,17H2,1-2H3,(H,24,25,26). The summed E-state index contributed by atoms with van der Waals surface area (Å²) in [7, 11) is 4.15. The van der Waals surface area contributed by atoms with Crippen LogP contribution < -0.4 is 10.2 Å². The van der Waals surface area contributed by atoms with E-state index in [9.17, 15) is 0 Å². The maximum absolute atomic E-state index is 4.91. The predicted molar refractivity (Wildman–Crippen MR) is 116 cm³/mol. The molecule has 0 bridgehead atoms. The van der Waals surface area contributed by atoms with Gasteiger partial charge < -0.3 is 15.1 Å². The summed E-state index contributed by atoms with van der Waals surface area (Å²) in [5.74, 6) is 2.63. The average molecular weight is 374 g/mol. The first kappa shape index (κ1) is 18.4. The Kier molecular flexibility index (Phi) is 5.53. The number of nitrogens with one attached hydrogen (secondary N) is 1. The molecule has 5 heteroatoms. The van der Waals surface area contributed by atoms with Crippen molar-refractivity contribution < 1.29 is 0 Å². The van der Waals surface area contributed by atoms with Gasteiger partial charge in [-0.25, -0.2) is 9.97 Å². The number of hydrogen-bond acceptors (Lipinski definition) is 5. The molecule has 0 saturated heterocycles. The molecule has 3 aromatic rings. The molecule has 0 spiro atoms. The van der Waals surface area contributed by atoms with Crippen molar-refractivity contribution in [1.29, 1.82) is 0 Å². The van der Waals surface area contributed by atoms with Crippen LogP contribution in [0.2, 0.25) is 0 Å². The highest BCUT2D eigenvalue weighted by molar-refractivity contribution is 5.62. The molecule has 1 aliphatic rings. The first-order chi connectivity index (χ1) is 13.7. The van der Waals surface area contributed by atoms with Crippen molar-refractivity contribution in [3.8, 4) is 11.4 Å². The van der Waals surface area contributed by atoms with Crippen molar-refractivity contribution >= 4 is 11.6 Å². The third-order valence-corrected chi connectivity index (χ3v) is 5.06. The van der Waals surface area contributed by atoms with E-state index in [0.29, 0.717) is 0 Å². The van der Waals surface area contributed by atoms with E-state index in [0.717, 1.165) is 55.6 Å². The molecular weight excluding hydrogens is 346 g/mol. The largest absolute Gasteiger partial charge is 0.369 e. The van der Waals surface area contributed by atoms with Crippen LogP contribution in [0.25, 0.3) is 11.4 Å². The summed E-state index contributed by atoms with van der Waals surface area (Å²) >= 11 is 0. The Balaban J connectivity index is 1.64. The topological polar surface area (TPSA) is 44.3 Å². The summed E-state index contributed by atoms with van der Waals surface area (Å²) in [6.45, 7) is 3.66. The first-order valence-corrected chi connectivity index (χ1v) is 9.84. The van der Waals surface area contributed by atoms with Crippen LogP contribution >= 0.6 is 0 Å². The van der Waals surface area contributed by atoms with Gasteiger partial charge in [0.15, 0.2) is 5.82 Å². The smallest absolute Gasteiger partial charge is 0.163 e. The molecule has 1 aliphatic heterocycles. The molecule has 2 heterocycles. The molecule has 28 heavy (non-hydrogen) atoms. The molecule has 0 saturated carbocycles. The lowest BCUT2D eigenvalue weighted by Gasteiger charge is -2.30. The van der Waals surface area contributed by atoms with Crippen LogP contribution in [0.3, 0.4) is 0 Å². The van der Waals surface area contributed by atoms with Crippen LogP contribution in [0, 0.1) is 0 Å². The lowest BCUT2D eigenvalue weighted by atomic mass is 10.00. The van der Waals surface area contributed by atoms with E-state index >= 15 is 0 Å². The Morgan fingerprint density at radius 2 is 1.71 bits per heavy atom. The number of nitrogens with zero attached hydrogens (tertiary/aromatic N) is 4. The zero-order valence-electron chi connectivity index (χ0n) is 16.6. The molecule has 0 aliphatic carbocycles. The Bertz CT molecular complexity index is 923. The second-order valence-corrected chi connectivity index (χ2v) is 7.47. The van der Waals surface area contributed by atoms with Crippen LogP contribution in [0.1, 0.15) is 11.1 Å². The van der Waals surface area contributed by atoms with Crippen LogP contribution in [-0.4, -0.2) is 48.6 Å². The lowest BCUT2D eigenvalue weighted by Crippen LogP contribution is -2.31. The van der Waals surface area contributed by atoms with Gasteiger partial charge in [0.2, 0.25) is 0 Å². The van der Waals surface area contributed by atoms with Crippen molar-refractivity contribution in [3.63, 3.8) is 0 Å². The van der Waals surface area contributed by atoms with Gasteiger partial charge in [0.1, 0.15) is 11.6 Å². The van der Waals surface area contributed by atoms with Crippen LogP contribution in [0.15, 0.2) is 60.7 Å². The zero-order chi connectivity index (χ0) is 19.3. The second kappa shape index (κ2) is 8.40. The van der Waals surface area contributed by atoms with Gasteiger partial charge in [0, 0.05) is 37.8 Å². The first-order valence-electron chi connectivity index (χ1n) is 9.84. The van der Waals surface area contributed by atoms with E-state index in [-0.39, 0.29) is 0 Å². The van der Waals surface area contributed by atoms with Gasteiger partial charge in [-0.2, -0.15) is 0 Å².